The quantitative estimate of drug-likeness (QED) is 0.671. The SMILES string of the molecule is CCN(C(=O)C1CCC(=O)N1C)C1CN(C(=O)C2CCC(=O)N2C)C1. The molecule has 0 radical (unpaired) electrons. The molecular weight excluding hydrogens is 324 g/mol. The first-order chi connectivity index (χ1) is 11.8. The zero-order valence-electron chi connectivity index (χ0n) is 15.1. The van der Waals surface area contributed by atoms with E-state index in [9.17, 15) is 19.2 Å². The van der Waals surface area contributed by atoms with Crippen LogP contribution in [0.3, 0.4) is 0 Å². The van der Waals surface area contributed by atoms with E-state index in [1.807, 2.05) is 6.92 Å². The maximum Gasteiger partial charge on any atom is 0.245 e. The largest absolute Gasteiger partial charge is 0.337 e. The van der Waals surface area contributed by atoms with Gasteiger partial charge in [-0.1, -0.05) is 0 Å². The average Bonchev–Trinajstić information content (AvgIpc) is 3.05. The van der Waals surface area contributed by atoms with Crippen molar-refractivity contribution in [2.75, 3.05) is 33.7 Å². The van der Waals surface area contributed by atoms with Crippen LogP contribution in [-0.2, 0) is 19.2 Å². The molecule has 138 valence electrons. The predicted octanol–water partition coefficient (Wildman–Crippen LogP) is -0.713. The number of hydrogen-bond donors (Lipinski definition) is 0. The molecule has 8 heteroatoms. The molecule has 2 atom stereocenters. The van der Waals surface area contributed by atoms with Gasteiger partial charge in [0.15, 0.2) is 0 Å². The summed E-state index contributed by atoms with van der Waals surface area (Å²) in [7, 11) is 3.35. The minimum absolute atomic E-state index is 0.00652. The Morgan fingerprint density at radius 1 is 1.00 bits per heavy atom. The van der Waals surface area contributed by atoms with Gasteiger partial charge in [-0.2, -0.15) is 0 Å². The highest BCUT2D eigenvalue weighted by molar-refractivity contribution is 5.92. The summed E-state index contributed by atoms with van der Waals surface area (Å²) in [4.78, 5) is 55.1. The van der Waals surface area contributed by atoms with E-state index >= 15 is 0 Å². The summed E-state index contributed by atoms with van der Waals surface area (Å²) in [5.41, 5.74) is 0. The van der Waals surface area contributed by atoms with Gasteiger partial charge in [0, 0.05) is 46.6 Å². The Balaban J connectivity index is 1.57. The van der Waals surface area contributed by atoms with Crippen molar-refractivity contribution in [2.45, 2.75) is 50.7 Å². The van der Waals surface area contributed by atoms with E-state index in [-0.39, 0.29) is 41.8 Å². The van der Waals surface area contributed by atoms with Crippen LogP contribution in [0.5, 0.6) is 0 Å². The third kappa shape index (κ3) is 2.98. The van der Waals surface area contributed by atoms with Gasteiger partial charge < -0.3 is 19.6 Å². The Bertz CT molecular complexity index is 601. The first-order valence-electron chi connectivity index (χ1n) is 8.95. The van der Waals surface area contributed by atoms with E-state index in [1.54, 1.807) is 23.9 Å². The van der Waals surface area contributed by atoms with Crippen molar-refractivity contribution >= 4 is 23.6 Å². The van der Waals surface area contributed by atoms with Crippen LogP contribution >= 0.6 is 0 Å². The van der Waals surface area contributed by atoms with Crippen molar-refractivity contribution in [1.29, 1.82) is 0 Å². The number of rotatable bonds is 4. The van der Waals surface area contributed by atoms with E-state index in [4.69, 9.17) is 0 Å². The number of nitrogens with zero attached hydrogens (tertiary/aromatic N) is 4. The molecule has 25 heavy (non-hydrogen) atoms. The Hall–Kier alpha value is -2.12. The van der Waals surface area contributed by atoms with Gasteiger partial charge in [-0.05, 0) is 19.8 Å². The summed E-state index contributed by atoms with van der Waals surface area (Å²) < 4.78 is 0. The van der Waals surface area contributed by atoms with Crippen molar-refractivity contribution in [1.82, 2.24) is 19.6 Å². The first-order valence-corrected chi connectivity index (χ1v) is 8.95. The van der Waals surface area contributed by atoms with Crippen molar-refractivity contribution in [3.63, 3.8) is 0 Å². The Kier molecular flexibility index (Phi) is 4.71. The lowest BCUT2D eigenvalue weighted by molar-refractivity contribution is -0.153. The molecule has 4 amide bonds. The van der Waals surface area contributed by atoms with E-state index in [0.717, 1.165) is 0 Å². The number of likely N-dealkylation sites (N-methyl/N-ethyl adjacent to an activating group) is 3. The zero-order chi connectivity index (χ0) is 18.3. The lowest BCUT2D eigenvalue weighted by atomic mass is 10.0. The number of likely N-dealkylation sites (tertiary alicyclic amines) is 3. The fourth-order valence-corrected chi connectivity index (χ4v) is 4.01. The lowest BCUT2D eigenvalue weighted by Gasteiger charge is -2.47. The number of carbonyl (C=O) groups is 4. The van der Waals surface area contributed by atoms with E-state index in [1.165, 1.54) is 9.80 Å². The average molecular weight is 350 g/mol. The predicted molar refractivity (Wildman–Crippen MR) is 89.3 cm³/mol. The highest BCUT2D eigenvalue weighted by atomic mass is 16.2. The fourth-order valence-electron chi connectivity index (χ4n) is 4.01. The second-order valence-corrected chi connectivity index (χ2v) is 7.14. The minimum atomic E-state index is -0.379. The highest BCUT2D eigenvalue weighted by Gasteiger charge is 2.44. The summed E-state index contributed by atoms with van der Waals surface area (Å²) >= 11 is 0. The molecule has 0 aromatic heterocycles. The molecule has 0 spiro atoms. The summed E-state index contributed by atoms with van der Waals surface area (Å²) in [5.74, 6) is -0.0362. The standard InChI is InChI=1S/C17H26N4O4/c1-4-21(17(25)13-6-8-15(23)19(13)3)11-9-20(10-11)16(24)12-5-7-14(22)18(12)2/h11-13H,4-10H2,1-3H3. The van der Waals surface area contributed by atoms with Gasteiger partial charge in [-0.3, -0.25) is 19.2 Å². The van der Waals surface area contributed by atoms with Gasteiger partial charge in [0.1, 0.15) is 12.1 Å². The third-order valence-corrected chi connectivity index (χ3v) is 5.79. The van der Waals surface area contributed by atoms with Crippen molar-refractivity contribution in [2.24, 2.45) is 0 Å². The third-order valence-electron chi connectivity index (χ3n) is 5.79. The number of hydrogen-bond acceptors (Lipinski definition) is 4. The monoisotopic (exact) mass is 350 g/mol. The van der Waals surface area contributed by atoms with Crippen LogP contribution in [0.4, 0.5) is 0 Å². The molecule has 0 aromatic carbocycles. The molecule has 3 aliphatic heterocycles. The van der Waals surface area contributed by atoms with E-state index in [2.05, 4.69) is 0 Å². The van der Waals surface area contributed by atoms with Gasteiger partial charge in [0.25, 0.3) is 0 Å². The van der Waals surface area contributed by atoms with Crippen LogP contribution in [-0.4, -0.2) is 95.1 Å². The molecule has 3 fully saturated rings. The van der Waals surface area contributed by atoms with Gasteiger partial charge in [-0.25, -0.2) is 0 Å². The molecule has 3 heterocycles. The topological polar surface area (TPSA) is 81.2 Å². The number of amides is 4. The summed E-state index contributed by atoms with van der Waals surface area (Å²) in [6, 6.07) is -0.749. The number of carbonyl (C=O) groups excluding carboxylic acids is 4. The van der Waals surface area contributed by atoms with Crippen LogP contribution in [0.1, 0.15) is 32.6 Å². The smallest absolute Gasteiger partial charge is 0.245 e. The van der Waals surface area contributed by atoms with E-state index < -0.39 is 0 Å². The summed E-state index contributed by atoms with van der Waals surface area (Å²) in [5, 5.41) is 0. The maximum atomic E-state index is 12.8. The molecule has 3 aliphatic rings. The van der Waals surface area contributed by atoms with Gasteiger partial charge in [-0.15, -0.1) is 0 Å². The normalized spacial score (nSPS) is 27.1. The minimum Gasteiger partial charge on any atom is -0.337 e. The fraction of sp³-hybridized carbons (Fsp3) is 0.765. The van der Waals surface area contributed by atoms with Gasteiger partial charge in [0.05, 0.1) is 6.04 Å². The molecule has 0 N–H and O–H groups in total. The molecule has 3 rings (SSSR count). The molecule has 0 saturated carbocycles. The van der Waals surface area contributed by atoms with Crippen LogP contribution in [0, 0.1) is 0 Å². The van der Waals surface area contributed by atoms with Crippen LogP contribution in [0.15, 0.2) is 0 Å². The van der Waals surface area contributed by atoms with Crippen LogP contribution in [0.2, 0.25) is 0 Å². The molecule has 2 unspecified atom stereocenters. The van der Waals surface area contributed by atoms with Crippen LogP contribution < -0.4 is 0 Å². The van der Waals surface area contributed by atoms with Gasteiger partial charge >= 0.3 is 0 Å². The molecule has 0 bridgehead atoms. The van der Waals surface area contributed by atoms with Gasteiger partial charge in [0.2, 0.25) is 23.6 Å². The summed E-state index contributed by atoms with van der Waals surface area (Å²) in [6.45, 7) is 3.48. The molecule has 0 aliphatic carbocycles. The Morgan fingerprint density at radius 2 is 1.52 bits per heavy atom. The summed E-state index contributed by atoms with van der Waals surface area (Å²) in [6.07, 6.45) is 1.98. The molecule has 3 saturated heterocycles. The first kappa shape index (κ1) is 17.7. The Morgan fingerprint density at radius 3 is 1.96 bits per heavy atom. The molecular formula is C17H26N4O4. The highest BCUT2D eigenvalue weighted by Crippen LogP contribution is 2.25. The van der Waals surface area contributed by atoms with Crippen molar-refractivity contribution in [3.8, 4) is 0 Å². The van der Waals surface area contributed by atoms with E-state index in [0.29, 0.717) is 45.3 Å². The second-order valence-electron chi connectivity index (χ2n) is 7.14. The maximum absolute atomic E-state index is 12.8. The molecule has 0 aromatic rings. The lowest BCUT2D eigenvalue weighted by Crippen LogP contribution is -2.65. The molecule has 8 nitrogen and oxygen atoms in total. The van der Waals surface area contributed by atoms with Crippen molar-refractivity contribution in [3.05, 3.63) is 0 Å². The Labute approximate surface area is 147 Å². The zero-order valence-corrected chi connectivity index (χ0v) is 15.1. The van der Waals surface area contributed by atoms with Crippen LogP contribution in [0.25, 0.3) is 0 Å². The van der Waals surface area contributed by atoms with Crippen molar-refractivity contribution < 1.29 is 19.2 Å². The second kappa shape index (κ2) is 6.65.